The summed E-state index contributed by atoms with van der Waals surface area (Å²) in [5, 5.41) is 0. The summed E-state index contributed by atoms with van der Waals surface area (Å²) >= 11 is 0. The minimum absolute atomic E-state index is 0.0925. The topological polar surface area (TPSA) is 46.2 Å². The van der Waals surface area contributed by atoms with E-state index in [1.165, 1.54) is 0 Å². The summed E-state index contributed by atoms with van der Waals surface area (Å²) < 4.78 is 26.6. The zero-order valence-electron chi connectivity index (χ0n) is 9.76. The van der Waals surface area contributed by atoms with E-state index in [9.17, 15) is 0 Å². The molecule has 1 heterocycles. The second-order valence-corrected chi connectivity index (χ2v) is 3.52. The van der Waals surface area contributed by atoms with E-state index in [1.807, 2.05) is 0 Å². The molecule has 0 aliphatic carbocycles. The molecule has 1 aliphatic heterocycles. The molecule has 1 fully saturated rings. The van der Waals surface area contributed by atoms with Gasteiger partial charge in [0.05, 0.1) is 13.2 Å². The van der Waals surface area contributed by atoms with Crippen LogP contribution in [0.5, 0.6) is 0 Å². The highest BCUT2D eigenvalue weighted by Crippen LogP contribution is 2.26. The van der Waals surface area contributed by atoms with Crippen LogP contribution in [-0.2, 0) is 23.7 Å². The summed E-state index contributed by atoms with van der Waals surface area (Å²) in [7, 11) is 6.58. The highest BCUT2D eigenvalue weighted by Gasteiger charge is 2.45. The molecule has 0 saturated carbocycles. The molecule has 1 rings (SSSR count). The van der Waals surface area contributed by atoms with Crippen LogP contribution in [0.3, 0.4) is 0 Å². The van der Waals surface area contributed by atoms with Gasteiger partial charge in [0.25, 0.3) is 0 Å². The predicted molar refractivity (Wildman–Crippen MR) is 54.0 cm³/mol. The minimum atomic E-state index is -0.102. The smallest absolute Gasteiger partial charge is 0.114 e. The Kier molecular flexibility index (Phi) is 5.49. The van der Waals surface area contributed by atoms with Crippen LogP contribution in [0.4, 0.5) is 0 Å². The van der Waals surface area contributed by atoms with E-state index in [-0.39, 0.29) is 24.4 Å². The van der Waals surface area contributed by atoms with Crippen molar-refractivity contribution < 1.29 is 23.7 Å². The van der Waals surface area contributed by atoms with Crippen LogP contribution < -0.4 is 0 Å². The Morgan fingerprint density at radius 3 is 1.47 bits per heavy atom. The SMILES string of the molecule is COC[C@H]1O[C@H](COC)[C@@H](OC)[C@@H]1OC. The van der Waals surface area contributed by atoms with E-state index in [0.29, 0.717) is 13.2 Å². The van der Waals surface area contributed by atoms with Crippen molar-refractivity contribution >= 4 is 0 Å². The van der Waals surface area contributed by atoms with Gasteiger partial charge in [-0.05, 0) is 0 Å². The molecule has 4 atom stereocenters. The first kappa shape index (κ1) is 12.9. The van der Waals surface area contributed by atoms with Crippen LogP contribution in [-0.4, -0.2) is 66.1 Å². The fourth-order valence-corrected chi connectivity index (χ4v) is 1.97. The molecule has 1 aliphatic rings. The van der Waals surface area contributed by atoms with Crippen molar-refractivity contribution in [3.8, 4) is 0 Å². The van der Waals surface area contributed by atoms with Gasteiger partial charge in [-0.2, -0.15) is 0 Å². The van der Waals surface area contributed by atoms with Gasteiger partial charge >= 0.3 is 0 Å². The summed E-state index contributed by atoms with van der Waals surface area (Å²) in [6.07, 6.45) is -0.389. The van der Waals surface area contributed by atoms with Gasteiger partial charge in [0.15, 0.2) is 0 Å². The van der Waals surface area contributed by atoms with Gasteiger partial charge in [0.1, 0.15) is 24.4 Å². The highest BCUT2D eigenvalue weighted by molar-refractivity contribution is 4.92. The summed E-state index contributed by atoms with van der Waals surface area (Å²) in [4.78, 5) is 0. The van der Waals surface area contributed by atoms with Gasteiger partial charge < -0.3 is 23.7 Å². The molecule has 0 unspecified atom stereocenters. The van der Waals surface area contributed by atoms with Crippen LogP contribution in [0.2, 0.25) is 0 Å². The first-order valence-electron chi connectivity index (χ1n) is 4.97. The Bertz CT molecular complexity index is 157. The molecule has 0 bridgehead atoms. The van der Waals surface area contributed by atoms with Crippen molar-refractivity contribution in [1.29, 1.82) is 0 Å². The summed E-state index contributed by atoms with van der Waals surface area (Å²) in [5.41, 5.74) is 0. The average Bonchev–Trinajstić information content (AvgIpc) is 2.56. The summed E-state index contributed by atoms with van der Waals surface area (Å²) in [6, 6.07) is 0. The van der Waals surface area contributed by atoms with Crippen LogP contribution in [0.15, 0.2) is 0 Å². The molecule has 5 heteroatoms. The van der Waals surface area contributed by atoms with Gasteiger partial charge in [0.2, 0.25) is 0 Å². The maximum Gasteiger partial charge on any atom is 0.114 e. The standard InChI is InChI=1S/C10H20O5/c1-11-5-7-9(13-3)10(14-4)8(15-7)6-12-2/h7-10H,5-6H2,1-4H3/t7-,8-,9-,10-/m1/s1. The second kappa shape index (κ2) is 6.40. The van der Waals surface area contributed by atoms with Crippen LogP contribution in [0, 0.1) is 0 Å². The quantitative estimate of drug-likeness (QED) is 0.634. The number of methoxy groups -OCH3 is 4. The first-order chi connectivity index (χ1) is 7.28. The zero-order chi connectivity index (χ0) is 11.3. The third-order valence-electron chi connectivity index (χ3n) is 2.61. The Labute approximate surface area is 90.6 Å². The fraction of sp³-hybridized carbons (Fsp3) is 1.00. The highest BCUT2D eigenvalue weighted by atomic mass is 16.6. The summed E-state index contributed by atoms with van der Waals surface area (Å²) in [6.45, 7) is 0.997. The first-order valence-corrected chi connectivity index (χ1v) is 4.97. The zero-order valence-corrected chi connectivity index (χ0v) is 9.76. The van der Waals surface area contributed by atoms with E-state index in [0.717, 1.165) is 0 Å². The van der Waals surface area contributed by atoms with Gasteiger partial charge in [-0.1, -0.05) is 0 Å². The predicted octanol–water partition coefficient (Wildman–Crippen LogP) is 0.0766. The molecule has 0 aromatic carbocycles. The molecule has 15 heavy (non-hydrogen) atoms. The maximum atomic E-state index is 5.75. The minimum Gasteiger partial charge on any atom is -0.382 e. The fourth-order valence-electron chi connectivity index (χ4n) is 1.97. The van der Waals surface area contributed by atoms with Crippen molar-refractivity contribution in [3.63, 3.8) is 0 Å². The van der Waals surface area contributed by atoms with Crippen LogP contribution in [0.1, 0.15) is 0 Å². The molecule has 0 aromatic rings. The van der Waals surface area contributed by atoms with E-state index in [2.05, 4.69) is 0 Å². The largest absolute Gasteiger partial charge is 0.382 e. The van der Waals surface area contributed by atoms with Crippen molar-refractivity contribution in [2.45, 2.75) is 24.4 Å². The van der Waals surface area contributed by atoms with Crippen molar-refractivity contribution in [2.75, 3.05) is 41.7 Å². The lowest BCUT2D eigenvalue weighted by molar-refractivity contribution is -0.0588. The monoisotopic (exact) mass is 220 g/mol. The number of hydrogen-bond donors (Lipinski definition) is 0. The molecule has 0 amide bonds. The van der Waals surface area contributed by atoms with Gasteiger partial charge in [-0.15, -0.1) is 0 Å². The molecule has 90 valence electrons. The molecule has 0 N–H and O–H groups in total. The lowest BCUT2D eigenvalue weighted by atomic mass is 10.1. The third-order valence-corrected chi connectivity index (χ3v) is 2.61. The normalized spacial score (nSPS) is 36.0. The number of ether oxygens (including phenoxy) is 5. The molecular weight excluding hydrogens is 200 g/mol. The van der Waals surface area contributed by atoms with E-state index in [4.69, 9.17) is 23.7 Å². The van der Waals surface area contributed by atoms with E-state index in [1.54, 1.807) is 28.4 Å². The van der Waals surface area contributed by atoms with E-state index >= 15 is 0 Å². The van der Waals surface area contributed by atoms with Gasteiger partial charge in [-0.3, -0.25) is 0 Å². The summed E-state index contributed by atoms with van der Waals surface area (Å²) in [5.74, 6) is 0. The molecule has 0 aromatic heterocycles. The Hall–Kier alpha value is -0.200. The molecule has 0 radical (unpaired) electrons. The Morgan fingerprint density at radius 2 is 1.20 bits per heavy atom. The average molecular weight is 220 g/mol. The van der Waals surface area contributed by atoms with E-state index < -0.39 is 0 Å². The van der Waals surface area contributed by atoms with Gasteiger partial charge in [-0.25, -0.2) is 0 Å². The lowest BCUT2D eigenvalue weighted by Crippen LogP contribution is -2.38. The van der Waals surface area contributed by atoms with Crippen LogP contribution >= 0.6 is 0 Å². The van der Waals surface area contributed by atoms with Gasteiger partial charge in [0, 0.05) is 28.4 Å². The molecule has 5 nitrogen and oxygen atoms in total. The van der Waals surface area contributed by atoms with Crippen molar-refractivity contribution in [1.82, 2.24) is 0 Å². The molecule has 0 spiro atoms. The van der Waals surface area contributed by atoms with Crippen molar-refractivity contribution in [3.05, 3.63) is 0 Å². The van der Waals surface area contributed by atoms with Crippen LogP contribution in [0.25, 0.3) is 0 Å². The second-order valence-electron chi connectivity index (χ2n) is 3.52. The number of hydrogen-bond acceptors (Lipinski definition) is 5. The lowest BCUT2D eigenvalue weighted by Gasteiger charge is -2.20. The Morgan fingerprint density at radius 1 is 0.800 bits per heavy atom. The molecular formula is C10H20O5. The molecule has 1 saturated heterocycles. The number of rotatable bonds is 6. The Balaban J connectivity index is 2.62. The van der Waals surface area contributed by atoms with Crippen molar-refractivity contribution in [2.24, 2.45) is 0 Å². The third kappa shape index (κ3) is 2.89. The maximum absolute atomic E-state index is 5.75.